The van der Waals surface area contributed by atoms with Crippen LogP contribution in [0, 0.1) is 0 Å². The maximum absolute atomic E-state index is 10.9. The molecule has 1 aromatic carbocycles. The Balaban J connectivity index is 2.73. The average molecular weight is 295 g/mol. The minimum atomic E-state index is -2.99. The van der Waals surface area contributed by atoms with Crippen LogP contribution in [0.3, 0.4) is 0 Å². The number of carbonyl (C=O) groups is 1. The highest BCUT2D eigenvalue weighted by Crippen LogP contribution is 2.24. The first-order valence-electron chi connectivity index (χ1n) is 4.63. The number of thioether (sulfide) groups is 1. The molecule has 0 radical (unpaired) electrons. The van der Waals surface area contributed by atoms with E-state index in [1.54, 1.807) is 6.07 Å². The van der Waals surface area contributed by atoms with E-state index in [0.717, 1.165) is 6.26 Å². The van der Waals surface area contributed by atoms with Gasteiger partial charge in [0.15, 0.2) is 0 Å². The van der Waals surface area contributed by atoms with Crippen molar-refractivity contribution in [2.24, 2.45) is 0 Å². The van der Waals surface area contributed by atoms with E-state index in [1.165, 1.54) is 23.9 Å². The van der Waals surface area contributed by atoms with Gasteiger partial charge in [-0.3, -0.25) is 0 Å². The van der Waals surface area contributed by atoms with Crippen LogP contribution < -0.4 is 0 Å². The minimum Gasteiger partial charge on any atom is -0.478 e. The number of rotatable bonds is 5. The normalized spacial score (nSPS) is 11.4. The van der Waals surface area contributed by atoms with Crippen LogP contribution in [-0.4, -0.2) is 37.3 Å². The van der Waals surface area contributed by atoms with E-state index >= 15 is 0 Å². The lowest BCUT2D eigenvalue weighted by Crippen LogP contribution is -2.05. The molecular formula is C10H11ClO4S2. The molecule has 0 saturated heterocycles. The maximum atomic E-state index is 10.9. The number of carboxylic acids is 1. The SMILES string of the molecule is CS(=O)(=O)CCSc1ccc(Cl)c(C(=O)O)c1. The fourth-order valence-corrected chi connectivity index (χ4v) is 3.41. The van der Waals surface area contributed by atoms with Crippen LogP contribution in [0.4, 0.5) is 0 Å². The van der Waals surface area contributed by atoms with Crippen LogP contribution in [0.15, 0.2) is 23.1 Å². The Morgan fingerprint density at radius 1 is 1.47 bits per heavy atom. The molecule has 0 aliphatic rings. The first-order valence-corrected chi connectivity index (χ1v) is 8.05. The average Bonchev–Trinajstić information content (AvgIpc) is 2.18. The van der Waals surface area contributed by atoms with Crippen molar-refractivity contribution < 1.29 is 18.3 Å². The molecule has 0 bridgehead atoms. The van der Waals surface area contributed by atoms with Gasteiger partial charge in [-0.25, -0.2) is 13.2 Å². The zero-order valence-corrected chi connectivity index (χ0v) is 11.4. The monoisotopic (exact) mass is 294 g/mol. The molecule has 1 rings (SSSR count). The zero-order valence-electron chi connectivity index (χ0n) is 9.01. The van der Waals surface area contributed by atoms with Gasteiger partial charge in [-0.1, -0.05) is 11.6 Å². The highest BCUT2D eigenvalue weighted by molar-refractivity contribution is 8.00. The predicted octanol–water partition coefficient (Wildman–Crippen LogP) is 2.17. The molecule has 7 heteroatoms. The number of carboxylic acid groups (broad SMARTS) is 1. The molecule has 1 N–H and O–H groups in total. The van der Waals surface area contributed by atoms with Crippen molar-refractivity contribution in [3.8, 4) is 0 Å². The Morgan fingerprint density at radius 2 is 2.12 bits per heavy atom. The summed E-state index contributed by atoms with van der Waals surface area (Å²) in [7, 11) is -2.99. The van der Waals surface area contributed by atoms with Gasteiger partial charge in [0.2, 0.25) is 0 Å². The zero-order chi connectivity index (χ0) is 13.1. The topological polar surface area (TPSA) is 71.4 Å². The lowest BCUT2D eigenvalue weighted by atomic mass is 10.2. The number of sulfone groups is 1. The molecule has 0 heterocycles. The summed E-state index contributed by atoms with van der Waals surface area (Å²) in [4.78, 5) is 11.5. The van der Waals surface area contributed by atoms with Gasteiger partial charge >= 0.3 is 5.97 Å². The molecule has 0 amide bonds. The fourth-order valence-electron chi connectivity index (χ4n) is 1.07. The number of halogens is 1. The molecule has 1 aromatic rings. The van der Waals surface area contributed by atoms with Gasteiger partial charge in [0, 0.05) is 16.9 Å². The van der Waals surface area contributed by atoms with Crippen molar-refractivity contribution in [2.75, 3.05) is 17.8 Å². The highest BCUT2D eigenvalue weighted by atomic mass is 35.5. The second-order valence-corrected chi connectivity index (χ2v) is 7.26. The van der Waals surface area contributed by atoms with E-state index in [2.05, 4.69) is 0 Å². The van der Waals surface area contributed by atoms with Crippen molar-refractivity contribution in [3.63, 3.8) is 0 Å². The molecule has 0 fully saturated rings. The number of hydrogen-bond acceptors (Lipinski definition) is 4. The molecule has 17 heavy (non-hydrogen) atoms. The van der Waals surface area contributed by atoms with Crippen molar-refractivity contribution in [1.82, 2.24) is 0 Å². The Morgan fingerprint density at radius 3 is 2.65 bits per heavy atom. The van der Waals surface area contributed by atoms with Crippen molar-refractivity contribution in [3.05, 3.63) is 28.8 Å². The van der Waals surface area contributed by atoms with Gasteiger partial charge in [-0.15, -0.1) is 11.8 Å². The van der Waals surface area contributed by atoms with Gasteiger partial charge in [0.05, 0.1) is 16.3 Å². The minimum absolute atomic E-state index is 0.0241. The maximum Gasteiger partial charge on any atom is 0.337 e. The third-order valence-electron chi connectivity index (χ3n) is 1.89. The summed E-state index contributed by atoms with van der Waals surface area (Å²) in [6.45, 7) is 0. The third-order valence-corrected chi connectivity index (χ3v) is 4.42. The highest BCUT2D eigenvalue weighted by Gasteiger charge is 2.10. The Bertz CT molecular complexity index is 525. The Hall–Kier alpha value is -0.720. The van der Waals surface area contributed by atoms with E-state index in [1.807, 2.05) is 0 Å². The largest absolute Gasteiger partial charge is 0.478 e. The second kappa shape index (κ2) is 5.75. The van der Waals surface area contributed by atoms with Crippen LogP contribution in [0.2, 0.25) is 5.02 Å². The molecule has 0 unspecified atom stereocenters. The molecule has 0 aliphatic carbocycles. The quantitative estimate of drug-likeness (QED) is 0.843. The van der Waals surface area contributed by atoms with E-state index in [4.69, 9.17) is 16.7 Å². The molecule has 0 atom stereocenters. The van der Waals surface area contributed by atoms with Gasteiger partial charge in [-0.2, -0.15) is 0 Å². The Labute approximate surface area is 109 Å². The van der Waals surface area contributed by atoms with Crippen LogP contribution in [-0.2, 0) is 9.84 Å². The second-order valence-electron chi connectivity index (χ2n) is 3.43. The smallest absolute Gasteiger partial charge is 0.337 e. The first kappa shape index (κ1) is 14.3. The summed E-state index contributed by atoms with van der Waals surface area (Å²) in [5, 5.41) is 9.03. The van der Waals surface area contributed by atoms with E-state index in [-0.39, 0.29) is 16.3 Å². The van der Waals surface area contributed by atoms with Crippen LogP contribution >= 0.6 is 23.4 Å². The third kappa shape index (κ3) is 4.97. The lowest BCUT2D eigenvalue weighted by molar-refractivity contribution is 0.0697. The van der Waals surface area contributed by atoms with Crippen LogP contribution in [0.5, 0.6) is 0 Å². The van der Waals surface area contributed by atoms with Gasteiger partial charge in [0.25, 0.3) is 0 Å². The predicted molar refractivity (Wildman–Crippen MR) is 68.8 cm³/mol. The first-order chi connectivity index (χ1) is 7.79. The summed E-state index contributed by atoms with van der Waals surface area (Å²) in [5.41, 5.74) is 0.0241. The van der Waals surface area contributed by atoms with Gasteiger partial charge < -0.3 is 5.11 Å². The summed E-state index contributed by atoms with van der Waals surface area (Å²) in [5.74, 6) is -0.650. The summed E-state index contributed by atoms with van der Waals surface area (Å²) < 4.78 is 21.8. The van der Waals surface area contributed by atoms with Crippen molar-refractivity contribution >= 4 is 39.2 Å². The number of aromatic carboxylic acids is 1. The van der Waals surface area contributed by atoms with E-state index < -0.39 is 15.8 Å². The molecule has 0 aliphatic heterocycles. The molecule has 0 spiro atoms. The van der Waals surface area contributed by atoms with Crippen molar-refractivity contribution in [2.45, 2.75) is 4.90 Å². The van der Waals surface area contributed by atoms with Gasteiger partial charge in [-0.05, 0) is 18.2 Å². The summed E-state index contributed by atoms with van der Waals surface area (Å²) >= 11 is 7.00. The van der Waals surface area contributed by atoms with Crippen molar-refractivity contribution in [1.29, 1.82) is 0 Å². The summed E-state index contributed by atoms with van der Waals surface area (Å²) in [6.07, 6.45) is 1.16. The molecule has 0 aromatic heterocycles. The van der Waals surface area contributed by atoms with E-state index in [0.29, 0.717) is 10.6 Å². The number of hydrogen-bond donors (Lipinski definition) is 1. The molecule has 0 saturated carbocycles. The lowest BCUT2D eigenvalue weighted by Gasteiger charge is -2.04. The molecule has 4 nitrogen and oxygen atoms in total. The Kier molecular flexibility index (Phi) is 4.85. The van der Waals surface area contributed by atoms with E-state index in [9.17, 15) is 13.2 Å². The standard InChI is InChI=1S/C10H11ClO4S2/c1-17(14,15)5-4-16-7-2-3-9(11)8(6-7)10(12)13/h2-3,6H,4-5H2,1H3,(H,12,13). The summed E-state index contributed by atoms with van der Waals surface area (Å²) in [6, 6.07) is 4.60. The number of benzene rings is 1. The fraction of sp³-hybridized carbons (Fsp3) is 0.300. The van der Waals surface area contributed by atoms with Crippen LogP contribution in [0.25, 0.3) is 0 Å². The van der Waals surface area contributed by atoms with Gasteiger partial charge in [0.1, 0.15) is 9.84 Å². The molecule has 94 valence electrons. The van der Waals surface area contributed by atoms with Crippen LogP contribution in [0.1, 0.15) is 10.4 Å². The molecular weight excluding hydrogens is 284 g/mol.